The SMILES string of the molecule is Cc1cc(Br)cc(N)c1OCC(C)(C)C(=O)O. The van der Waals surface area contributed by atoms with Crippen molar-refractivity contribution in [3.8, 4) is 5.75 Å². The summed E-state index contributed by atoms with van der Waals surface area (Å²) in [6.45, 7) is 5.17. The Morgan fingerprint density at radius 1 is 1.53 bits per heavy atom. The van der Waals surface area contributed by atoms with Gasteiger partial charge in [0.2, 0.25) is 0 Å². The third-order valence-electron chi connectivity index (χ3n) is 2.42. The highest BCUT2D eigenvalue weighted by Gasteiger charge is 2.28. The zero-order valence-electron chi connectivity index (χ0n) is 10.1. The molecule has 0 spiro atoms. The molecule has 0 aliphatic heterocycles. The average molecular weight is 302 g/mol. The van der Waals surface area contributed by atoms with Gasteiger partial charge >= 0.3 is 5.97 Å². The van der Waals surface area contributed by atoms with Crippen LogP contribution >= 0.6 is 15.9 Å². The third kappa shape index (κ3) is 3.36. The fourth-order valence-electron chi connectivity index (χ4n) is 1.27. The number of hydrogen-bond donors (Lipinski definition) is 2. The highest BCUT2D eigenvalue weighted by Crippen LogP contribution is 2.31. The van der Waals surface area contributed by atoms with Gasteiger partial charge in [-0.15, -0.1) is 0 Å². The van der Waals surface area contributed by atoms with Crippen molar-refractivity contribution >= 4 is 27.6 Å². The summed E-state index contributed by atoms with van der Waals surface area (Å²) in [6, 6.07) is 3.61. The van der Waals surface area contributed by atoms with Crippen LogP contribution in [0, 0.1) is 12.3 Å². The maximum Gasteiger partial charge on any atom is 0.312 e. The number of nitrogen functional groups attached to an aromatic ring is 1. The first-order valence-corrected chi connectivity index (χ1v) is 5.95. The molecule has 0 radical (unpaired) electrons. The summed E-state index contributed by atoms with van der Waals surface area (Å²) in [5.41, 5.74) is 6.26. The van der Waals surface area contributed by atoms with Crippen molar-refractivity contribution in [1.29, 1.82) is 0 Å². The van der Waals surface area contributed by atoms with Crippen molar-refractivity contribution in [2.75, 3.05) is 12.3 Å². The minimum absolute atomic E-state index is 0.0784. The molecule has 0 fully saturated rings. The fourth-order valence-corrected chi connectivity index (χ4v) is 1.86. The van der Waals surface area contributed by atoms with Gasteiger partial charge in [0.25, 0.3) is 0 Å². The number of carbonyl (C=O) groups is 1. The number of hydrogen-bond acceptors (Lipinski definition) is 3. The zero-order chi connectivity index (χ0) is 13.2. The van der Waals surface area contributed by atoms with Gasteiger partial charge in [-0.25, -0.2) is 0 Å². The smallest absolute Gasteiger partial charge is 0.312 e. The Hall–Kier alpha value is -1.23. The van der Waals surface area contributed by atoms with Gasteiger partial charge in [0.1, 0.15) is 12.4 Å². The molecule has 0 aliphatic carbocycles. The summed E-state index contributed by atoms with van der Waals surface area (Å²) in [6.07, 6.45) is 0. The second-order valence-electron chi connectivity index (χ2n) is 4.62. The largest absolute Gasteiger partial charge is 0.490 e. The van der Waals surface area contributed by atoms with E-state index in [0.29, 0.717) is 11.4 Å². The van der Waals surface area contributed by atoms with Crippen molar-refractivity contribution in [2.45, 2.75) is 20.8 Å². The number of carboxylic acid groups (broad SMARTS) is 1. The Balaban J connectivity index is 2.87. The van der Waals surface area contributed by atoms with E-state index in [9.17, 15) is 4.79 Å². The summed E-state index contributed by atoms with van der Waals surface area (Å²) in [4.78, 5) is 10.9. The normalized spacial score (nSPS) is 11.3. The number of ether oxygens (including phenoxy) is 1. The van der Waals surface area contributed by atoms with E-state index in [0.717, 1.165) is 10.0 Å². The molecule has 0 saturated heterocycles. The maximum absolute atomic E-state index is 10.9. The minimum Gasteiger partial charge on any atom is -0.490 e. The van der Waals surface area contributed by atoms with Gasteiger partial charge in [-0.05, 0) is 38.5 Å². The highest BCUT2D eigenvalue weighted by atomic mass is 79.9. The van der Waals surface area contributed by atoms with Crippen molar-refractivity contribution in [2.24, 2.45) is 5.41 Å². The summed E-state index contributed by atoms with van der Waals surface area (Å²) < 4.78 is 6.39. The molecule has 1 rings (SSSR count). The van der Waals surface area contributed by atoms with E-state index in [4.69, 9.17) is 15.6 Å². The Labute approximate surface area is 109 Å². The van der Waals surface area contributed by atoms with Gasteiger partial charge in [-0.2, -0.15) is 0 Å². The van der Waals surface area contributed by atoms with Crippen LogP contribution in [0.4, 0.5) is 5.69 Å². The molecule has 1 aromatic carbocycles. The van der Waals surface area contributed by atoms with Gasteiger partial charge in [-0.1, -0.05) is 15.9 Å². The van der Waals surface area contributed by atoms with Crippen LogP contribution in [-0.4, -0.2) is 17.7 Å². The predicted molar refractivity (Wildman–Crippen MR) is 70.2 cm³/mol. The van der Waals surface area contributed by atoms with Crippen molar-refractivity contribution in [1.82, 2.24) is 0 Å². The molecule has 0 aliphatic rings. The monoisotopic (exact) mass is 301 g/mol. The number of carboxylic acids is 1. The molecular formula is C12H16BrNO3. The Morgan fingerprint density at radius 2 is 2.12 bits per heavy atom. The van der Waals surface area contributed by atoms with E-state index in [1.54, 1.807) is 19.9 Å². The number of halogens is 1. The summed E-state index contributed by atoms with van der Waals surface area (Å²) >= 11 is 3.33. The number of rotatable bonds is 4. The second-order valence-corrected chi connectivity index (χ2v) is 5.53. The van der Waals surface area contributed by atoms with Crippen LogP contribution in [-0.2, 0) is 4.79 Å². The number of aliphatic carboxylic acids is 1. The van der Waals surface area contributed by atoms with Gasteiger partial charge in [0, 0.05) is 4.47 Å². The predicted octanol–water partition coefficient (Wildman–Crippen LogP) is 2.83. The van der Waals surface area contributed by atoms with Crippen molar-refractivity contribution in [3.63, 3.8) is 0 Å². The van der Waals surface area contributed by atoms with E-state index in [1.807, 2.05) is 13.0 Å². The zero-order valence-corrected chi connectivity index (χ0v) is 11.7. The molecule has 0 bridgehead atoms. The maximum atomic E-state index is 10.9. The van der Waals surface area contributed by atoms with Crippen LogP contribution in [0.25, 0.3) is 0 Å². The highest BCUT2D eigenvalue weighted by molar-refractivity contribution is 9.10. The van der Waals surface area contributed by atoms with E-state index in [-0.39, 0.29) is 6.61 Å². The molecule has 0 unspecified atom stereocenters. The molecule has 94 valence electrons. The van der Waals surface area contributed by atoms with E-state index < -0.39 is 11.4 Å². The molecule has 0 heterocycles. The average Bonchev–Trinajstić information content (AvgIpc) is 2.15. The first kappa shape index (κ1) is 13.8. The summed E-state index contributed by atoms with van der Waals surface area (Å²) in [5.74, 6) is -0.353. The lowest BCUT2D eigenvalue weighted by molar-refractivity contribution is -0.148. The van der Waals surface area contributed by atoms with Gasteiger partial charge in [0.05, 0.1) is 11.1 Å². The Kier molecular flexibility index (Phi) is 4.03. The van der Waals surface area contributed by atoms with E-state index >= 15 is 0 Å². The van der Waals surface area contributed by atoms with E-state index in [2.05, 4.69) is 15.9 Å². The van der Waals surface area contributed by atoms with Crippen molar-refractivity contribution in [3.05, 3.63) is 22.2 Å². The van der Waals surface area contributed by atoms with E-state index in [1.165, 1.54) is 0 Å². The number of nitrogens with two attached hydrogens (primary N) is 1. The molecule has 1 aromatic rings. The molecule has 0 amide bonds. The fraction of sp³-hybridized carbons (Fsp3) is 0.417. The summed E-state index contributed by atoms with van der Waals surface area (Å²) in [7, 11) is 0. The molecule has 0 saturated carbocycles. The van der Waals surface area contributed by atoms with Crippen LogP contribution in [0.5, 0.6) is 5.75 Å². The lowest BCUT2D eigenvalue weighted by Gasteiger charge is -2.21. The Bertz CT molecular complexity index is 420. The molecule has 4 nitrogen and oxygen atoms in total. The molecule has 5 heteroatoms. The standard InChI is InChI=1S/C12H16BrNO3/c1-7-4-8(13)5-9(14)10(7)17-6-12(2,3)11(15)16/h4-5H,6,14H2,1-3H3,(H,15,16). The van der Waals surface area contributed by atoms with Crippen LogP contribution in [0.1, 0.15) is 19.4 Å². The van der Waals surface area contributed by atoms with Gasteiger partial charge < -0.3 is 15.6 Å². The molecular weight excluding hydrogens is 286 g/mol. The number of benzene rings is 1. The lowest BCUT2D eigenvalue weighted by atomic mass is 9.95. The molecule has 0 aromatic heterocycles. The van der Waals surface area contributed by atoms with Crippen LogP contribution < -0.4 is 10.5 Å². The van der Waals surface area contributed by atoms with Gasteiger partial charge in [0.15, 0.2) is 0 Å². The molecule has 17 heavy (non-hydrogen) atoms. The van der Waals surface area contributed by atoms with Crippen LogP contribution in [0.2, 0.25) is 0 Å². The summed E-state index contributed by atoms with van der Waals surface area (Å²) in [5, 5.41) is 8.98. The van der Waals surface area contributed by atoms with Gasteiger partial charge in [-0.3, -0.25) is 4.79 Å². The second kappa shape index (κ2) is 4.96. The molecule has 0 atom stereocenters. The first-order valence-electron chi connectivity index (χ1n) is 5.16. The third-order valence-corrected chi connectivity index (χ3v) is 2.88. The molecule has 3 N–H and O–H groups in total. The lowest BCUT2D eigenvalue weighted by Crippen LogP contribution is -2.31. The van der Waals surface area contributed by atoms with Crippen molar-refractivity contribution < 1.29 is 14.6 Å². The minimum atomic E-state index is -0.939. The Morgan fingerprint density at radius 3 is 2.59 bits per heavy atom. The number of aryl methyl sites for hydroxylation is 1. The quantitative estimate of drug-likeness (QED) is 0.839. The van der Waals surface area contributed by atoms with Crippen LogP contribution in [0.15, 0.2) is 16.6 Å². The topological polar surface area (TPSA) is 72.5 Å². The first-order chi connectivity index (χ1) is 7.74. The van der Waals surface area contributed by atoms with Crippen LogP contribution in [0.3, 0.4) is 0 Å². The number of anilines is 1.